The van der Waals surface area contributed by atoms with Crippen molar-refractivity contribution in [2.75, 3.05) is 0 Å². The van der Waals surface area contributed by atoms with Crippen molar-refractivity contribution in [1.82, 2.24) is 29.4 Å². The Balaban J connectivity index is 1.62. The third-order valence-electron chi connectivity index (χ3n) is 4.94. The van der Waals surface area contributed by atoms with E-state index in [-0.39, 0.29) is 5.56 Å². The summed E-state index contributed by atoms with van der Waals surface area (Å²) in [5.41, 5.74) is 6.10. The van der Waals surface area contributed by atoms with Gasteiger partial charge in [0.2, 0.25) is 0 Å². The molecule has 5 rings (SSSR count). The Kier molecular flexibility index (Phi) is 3.12. The van der Waals surface area contributed by atoms with Crippen LogP contribution in [0.2, 0.25) is 0 Å². The number of pyridine rings is 1. The van der Waals surface area contributed by atoms with Crippen LogP contribution in [0.5, 0.6) is 0 Å². The van der Waals surface area contributed by atoms with Gasteiger partial charge in [-0.15, -0.1) is 0 Å². The number of aromatic amines is 1. The van der Waals surface area contributed by atoms with E-state index in [1.165, 1.54) is 4.52 Å². The summed E-state index contributed by atoms with van der Waals surface area (Å²) >= 11 is 0. The van der Waals surface area contributed by atoms with Gasteiger partial charge in [-0.1, -0.05) is 0 Å². The summed E-state index contributed by atoms with van der Waals surface area (Å²) < 4.78 is 3.25. The zero-order valence-corrected chi connectivity index (χ0v) is 14.6. The molecule has 4 aromatic rings. The molecule has 7 heteroatoms. The predicted octanol–water partition coefficient (Wildman–Crippen LogP) is 2.76. The van der Waals surface area contributed by atoms with E-state index in [0.717, 1.165) is 46.6 Å². The first kappa shape index (κ1) is 15.1. The van der Waals surface area contributed by atoms with Crippen LogP contribution in [0, 0.1) is 13.8 Å². The number of hydrogen-bond acceptors (Lipinski definition) is 4. The maximum absolute atomic E-state index is 12.8. The molecule has 1 aliphatic carbocycles. The molecule has 0 bridgehead atoms. The van der Waals surface area contributed by atoms with E-state index >= 15 is 0 Å². The molecular formula is C19H18N6O. The standard InChI is InChI=1S/C19H18N6O/c1-11-3-6-15(8-20-11)24-10-14(7-21-24)16-9-22-25-18(16)23-12(2)17(19(25)26)13-4-5-13/h3,6-10,13,23H,4-5H2,1-2H3. The van der Waals surface area contributed by atoms with Gasteiger partial charge < -0.3 is 4.98 Å². The lowest BCUT2D eigenvalue weighted by Gasteiger charge is -2.05. The van der Waals surface area contributed by atoms with Gasteiger partial charge in [0, 0.05) is 34.3 Å². The Bertz CT molecular complexity index is 1180. The van der Waals surface area contributed by atoms with Gasteiger partial charge in [-0.25, -0.2) is 4.68 Å². The Labute approximate surface area is 149 Å². The number of H-pyrrole nitrogens is 1. The summed E-state index contributed by atoms with van der Waals surface area (Å²) in [7, 11) is 0. The van der Waals surface area contributed by atoms with Crippen molar-refractivity contribution in [3.63, 3.8) is 0 Å². The minimum absolute atomic E-state index is 0.0138. The average Bonchev–Trinajstić information content (AvgIpc) is 3.17. The fourth-order valence-electron chi connectivity index (χ4n) is 3.40. The molecule has 4 heterocycles. The van der Waals surface area contributed by atoms with Gasteiger partial charge in [0.15, 0.2) is 0 Å². The zero-order valence-electron chi connectivity index (χ0n) is 14.6. The summed E-state index contributed by atoms with van der Waals surface area (Å²) in [5, 5.41) is 8.75. The Morgan fingerprint density at radius 3 is 2.69 bits per heavy atom. The lowest BCUT2D eigenvalue weighted by atomic mass is 10.1. The first-order chi connectivity index (χ1) is 12.6. The average molecular weight is 346 g/mol. The van der Waals surface area contributed by atoms with E-state index in [1.54, 1.807) is 23.3 Å². The smallest absolute Gasteiger partial charge is 0.278 e. The number of rotatable bonds is 3. The fraction of sp³-hybridized carbons (Fsp3) is 0.263. The topological polar surface area (TPSA) is 80.9 Å². The molecule has 1 fully saturated rings. The van der Waals surface area contributed by atoms with Crippen molar-refractivity contribution in [2.45, 2.75) is 32.6 Å². The minimum atomic E-state index is -0.0138. The van der Waals surface area contributed by atoms with Crippen LogP contribution in [0.3, 0.4) is 0 Å². The summed E-state index contributed by atoms with van der Waals surface area (Å²) in [6.07, 6.45) is 9.38. The molecule has 4 aromatic heterocycles. The zero-order chi connectivity index (χ0) is 17.8. The van der Waals surface area contributed by atoms with Gasteiger partial charge in [-0.05, 0) is 44.7 Å². The van der Waals surface area contributed by atoms with Crippen LogP contribution in [0.15, 0.2) is 41.7 Å². The van der Waals surface area contributed by atoms with Crippen molar-refractivity contribution in [3.8, 4) is 16.8 Å². The van der Waals surface area contributed by atoms with Gasteiger partial charge in [-0.3, -0.25) is 9.78 Å². The molecule has 0 aromatic carbocycles. The maximum Gasteiger partial charge on any atom is 0.278 e. The highest BCUT2D eigenvalue weighted by Gasteiger charge is 2.29. The minimum Gasteiger partial charge on any atom is -0.343 e. The number of aromatic nitrogens is 6. The largest absolute Gasteiger partial charge is 0.343 e. The van der Waals surface area contributed by atoms with Crippen molar-refractivity contribution >= 4 is 5.65 Å². The van der Waals surface area contributed by atoms with Gasteiger partial charge in [0.1, 0.15) is 5.65 Å². The molecule has 7 nitrogen and oxygen atoms in total. The monoisotopic (exact) mass is 346 g/mol. The fourth-order valence-corrected chi connectivity index (χ4v) is 3.40. The number of nitrogens with zero attached hydrogens (tertiary/aromatic N) is 5. The van der Waals surface area contributed by atoms with Crippen molar-refractivity contribution in [1.29, 1.82) is 0 Å². The van der Waals surface area contributed by atoms with Crippen LogP contribution in [-0.2, 0) is 0 Å². The van der Waals surface area contributed by atoms with E-state index < -0.39 is 0 Å². The van der Waals surface area contributed by atoms with Gasteiger partial charge in [0.05, 0.1) is 24.3 Å². The molecular weight excluding hydrogens is 328 g/mol. The highest BCUT2D eigenvalue weighted by Crippen LogP contribution is 2.39. The van der Waals surface area contributed by atoms with Gasteiger partial charge in [0.25, 0.3) is 5.56 Å². The van der Waals surface area contributed by atoms with E-state index in [4.69, 9.17) is 0 Å². The predicted molar refractivity (Wildman–Crippen MR) is 97.6 cm³/mol. The van der Waals surface area contributed by atoms with Crippen molar-refractivity contribution < 1.29 is 0 Å². The molecule has 1 aliphatic rings. The third kappa shape index (κ3) is 2.28. The Morgan fingerprint density at radius 1 is 1.12 bits per heavy atom. The molecule has 26 heavy (non-hydrogen) atoms. The Morgan fingerprint density at radius 2 is 1.96 bits per heavy atom. The summed E-state index contributed by atoms with van der Waals surface area (Å²) in [4.78, 5) is 20.5. The first-order valence-electron chi connectivity index (χ1n) is 8.70. The van der Waals surface area contributed by atoms with Crippen LogP contribution >= 0.6 is 0 Å². The van der Waals surface area contributed by atoms with Crippen LogP contribution in [-0.4, -0.2) is 29.4 Å². The van der Waals surface area contributed by atoms with Crippen LogP contribution < -0.4 is 5.56 Å². The normalized spacial score (nSPS) is 14.2. The summed E-state index contributed by atoms with van der Waals surface area (Å²) in [5.74, 6) is 0.382. The second-order valence-electron chi connectivity index (χ2n) is 6.89. The molecule has 1 saturated carbocycles. The van der Waals surface area contributed by atoms with E-state index in [2.05, 4.69) is 20.2 Å². The molecule has 0 aliphatic heterocycles. The molecule has 1 N–H and O–H groups in total. The summed E-state index contributed by atoms with van der Waals surface area (Å²) in [6, 6.07) is 3.93. The SMILES string of the molecule is Cc1ccc(-n2cc(-c3cnn4c(=O)c(C5CC5)c(C)[nH]c34)cn2)cn1. The van der Waals surface area contributed by atoms with E-state index in [0.29, 0.717) is 11.6 Å². The van der Waals surface area contributed by atoms with E-state index in [1.807, 2.05) is 32.2 Å². The molecule has 0 saturated heterocycles. The summed E-state index contributed by atoms with van der Waals surface area (Å²) in [6.45, 7) is 3.92. The third-order valence-corrected chi connectivity index (χ3v) is 4.94. The lowest BCUT2D eigenvalue weighted by Crippen LogP contribution is -2.21. The van der Waals surface area contributed by atoms with Crippen LogP contribution in [0.4, 0.5) is 0 Å². The highest BCUT2D eigenvalue weighted by molar-refractivity contribution is 5.76. The molecule has 0 atom stereocenters. The molecule has 0 unspecified atom stereocenters. The lowest BCUT2D eigenvalue weighted by molar-refractivity contribution is 0.849. The maximum atomic E-state index is 12.8. The number of nitrogens with one attached hydrogen (secondary N) is 1. The second-order valence-corrected chi connectivity index (χ2v) is 6.89. The Hall–Kier alpha value is -3.22. The number of hydrogen-bond donors (Lipinski definition) is 1. The van der Waals surface area contributed by atoms with Crippen molar-refractivity contribution in [3.05, 3.63) is 64.2 Å². The molecule has 0 amide bonds. The van der Waals surface area contributed by atoms with Crippen LogP contribution in [0.25, 0.3) is 22.5 Å². The first-order valence-corrected chi connectivity index (χ1v) is 8.70. The molecule has 0 spiro atoms. The van der Waals surface area contributed by atoms with Gasteiger partial charge in [-0.2, -0.15) is 14.7 Å². The van der Waals surface area contributed by atoms with Crippen molar-refractivity contribution in [2.24, 2.45) is 0 Å². The highest BCUT2D eigenvalue weighted by atomic mass is 16.1. The molecule has 0 radical (unpaired) electrons. The van der Waals surface area contributed by atoms with Gasteiger partial charge >= 0.3 is 0 Å². The second kappa shape index (κ2) is 5.39. The quantitative estimate of drug-likeness (QED) is 0.618. The van der Waals surface area contributed by atoms with E-state index in [9.17, 15) is 4.79 Å². The molecule has 130 valence electrons. The number of fused-ring (bicyclic) bond motifs is 1. The van der Waals surface area contributed by atoms with Crippen LogP contribution in [0.1, 0.15) is 35.7 Å². The number of aryl methyl sites for hydroxylation is 2.